The highest BCUT2D eigenvalue weighted by molar-refractivity contribution is 6.10. The third-order valence-electron chi connectivity index (χ3n) is 8.64. The van der Waals surface area contributed by atoms with Crippen molar-refractivity contribution >= 4 is 11.8 Å². The van der Waals surface area contributed by atoms with E-state index in [1.165, 1.54) is 88.2 Å². The lowest BCUT2D eigenvalue weighted by Gasteiger charge is -2.38. The summed E-state index contributed by atoms with van der Waals surface area (Å²) in [5, 5.41) is 8.21. The normalized spacial score (nSPS) is 32.4. The van der Waals surface area contributed by atoms with Crippen molar-refractivity contribution < 1.29 is 0 Å². The van der Waals surface area contributed by atoms with Gasteiger partial charge in [-0.25, -0.2) is 0 Å². The van der Waals surface area contributed by atoms with Crippen molar-refractivity contribution in [3.05, 3.63) is 53.1 Å². The third-order valence-corrected chi connectivity index (χ3v) is 8.64. The minimum Gasteiger partial charge on any atom is -0.324 e. The number of benzene rings is 1. The summed E-state index contributed by atoms with van der Waals surface area (Å²) in [7, 11) is 0. The fraction of sp³-hybridized carbons (Fsp3) is 0.633. The molecule has 0 aliphatic heterocycles. The maximum Gasteiger partial charge on any atom is 0.0584 e. The van der Waals surface area contributed by atoms with Crippen LogP contribution in [0.15, 0.2) is 42.0 Å². The maximum absolute atomic E-state index is 8.21. The van der Waals surface area contributed by atoms with Gasteiger partial charge >= 0.3 is 0 Å². The van der Waals surface area contributed by atoms with E-state index in [2.05, 4.69) is 37.3 Å². The molecule has 1 aromatic rings. The van der Waals surface area contributed by atoms with Crippen molar-refractivity contribution in [3.63, 3.8) is 0 Å². The van der Waals surface area contributed by atoms with Gasteiger partial charge in [-0.15, -0.1) is 0 Å². The van der Waals surface area contributed by atoms with Crippen molar-refractivity contribution in [3.8, 4) is 0 Å². The molecule has 1 atom stereocenters. The number of unbranched alkanes of at least 4 members (excludes halogenated alkanes) is 2. The largest absolute Gasteiger partial charge is 0.324 e. The number of hydrogen-bond donors (Lipinski definition) is 2. The molecule has 0 spiro atoms. The van der Waals surface area contributed by atoms with Crippen LogP contribution in [0.2, 0.25) is 0 Å². The minimum atomic E-state index is -0.0478. The molecule has 174 valence electrons. The van der Waals surface area contributed by atoms with Gasteiger partial charge in [0.15, 0.2) is 0 Å². The number of hydrogen-bond acceptors (Lipinski definition) is 2. The molecule has 0 heterocycles. The highest BCUT2D eigenvalue weighted by atomic mass is 14.7. The highest BCUT2D eigenvalue weighted by Gasteiger charge is 2.31. The summed E-state index contributed by atoms with van der Waals surface area (Å²) >= 11 is 0. The van der Waals surface area contributed by atoms with Crippen molar-refractivity contribution in [1.82, 2.24) is 0 Å². The molecule has 1 unspecified atom stereocenters. The molecule has 4 rings (SSSR count). The van der Waals surface area contributed by atoms with E-state index < -0.39 is 0 Å². The Kier molecular flexibility index (Phi) is 8.41. The molecule has 32 heavy (non-hydrogen) atoms. The number of nitrogens with two attached hydrogens (primary N) is 1. The van der Waals surface area contributed by atoms with Crippen LogP contribution in [0.1, 0.15) is 107 Å². The molecule has 2 saturated carbocycles. The van der Waals surface area contributed by atoms with Gasteiger partial charge in [0.2, 0.25) is 0 Å². The van der Waals surface area contributed by atoms with Gasteiger partial charge in [-0.2, -0.15) is 0 Å². The number of nitrogens with one attached hydrogen (secondary N) is 1. The van der Waals surface area contributed by atoms with Gasteiger partial charge in [-0.05, 0) is 97.5 Å². The monoisotopic (exact) mass is 432 g/mol. The van der Waals surface area contributed by atoms with E-state index in [0.29, 0.717) is 11.6 Å². The predicted molar refractivity (Wildman–Crippen MR) is 138 cm³/mol. The van der Waals surface area contributed by atoms with Gasteiger partial charge in [-0.3, -0.25) is 0 Å². The Labute approximate surface area is 196 Å². The second-order valence-corrected chi connectivity index (χ2v) is 10.8. The minimum absolute atomic E-state index is 0.0478. The zero-order valence-corrected chi connectivity index (χ0v) is 20.2. The molecule has 2 heteroatoms. The average Bonchev–Trinajstić information content (AvgIpc) is 2.83. The molecule has 2 nitrogen and oxygen atoms in total. The van der Waals surface area contributed by atoms with Crippen LogP contribution >= 0.6 is 0 Å². The number of allylic oxidation sites excluding steroid dienone is 1. The smallest absolute Gasteiger partial charge is 0.0584 e. The number of rotatable bonds is 7. The zero-order valence-electron chi connectivity index (χ0n) is 20.2. The van der Waals surface area contributed by atoms with Crippen molar-refractivity contribution in [2.24, 2.45) is 23.5 Å². The van der Waals surface area contributed by atoms with Crippen molar-refractivity contribution in [2.45, 2.75) is 102 Å². The summed E-state index contributed by atoms with van der Waals surface area (Å²) < 4.78 is 0. The summed E-state index contributed by atoms with van der Waals surface area (Å²) in [6, 6.07) is 8.99. The maximum atomic E-state index is 8.21. The van der Waals surface area contributed by atoms with Crippen LogP contribution in [0.25, 0.3) is 6.08 Å². The molecule has 3 aliphatic rings. The molecule has 3 aliphatic carbocycles. The molecular weight excluding hydrogens is 388 g/mol. The van der Waals surface area contributed by atoms with Crippen LogP contribution in [-0.4, -0.2) is 11.8 Å². The Balaban J connectivity index is 1.29. The average molecular weight is 433 g/mol. The zero-order chi connectivity index (χ0) is 22.3. The van der Waals surface area contributed by atoms with Crippen LogP contribution in [0.5, 0.6) is 0 Å². The molecule has 0 amide bonds. The van der Waals surface area contributed by atoms with Crippen molar-refractivity contribution in [1.29, 1.82) is 5.41 Å². The van der Waals surface area contributed by atoms with E-state index in [9.17, 15) is 0 Å². The summed E-state index contributed by atoms with van der Waals surface area (Å²) in [5.74, 6) is 3.71. The Morgan fingerprint density at radius 3 is 2.38 bits per heavy atom. The van der Waals surface area contributed by atoms with E-state index in [-0.39, 0.29) is 6.04 Å². The van der Waals surface area contributed by atoms with E-state index in [4.69, 9.17) is 11.1 Å². The van der Waals surface area contributed by atoms with Gasteiger partial charge in [0.25, 0.3) is 0 Å². The lowest BCUT2D eigenvalue weighted by Crippen LogP contribution is -2.28. The van der Waals surface area contributed by atoms with E-state index in [1.807, 2.05) is 12.2 Å². The van der Waals surface area contributed by atoms with E-state index in [0.717, 1.165) is 29.7 Å². The second-order valence-electron chi connectivity index (χ2n) is 10.8. The summed E-state index contributed by atoms with van der Waals surface area (Å²) in [6.45, 7) is 2.32. The third kappa shape index (κ3) is 6.01. The summed E-state index contributed by atoms with van der Waals surface area (Å²) in [5.41, 5.74) is 10.5. The quantitative estimate of drug-likeness (QED) is 0.421. The first-order valence-corrected chi connectivity index (χ1v) is 13.5. The summed E-state index contributed by atoms with van der Waals surface area (Å²) in [4.78, 5) is 0. The molecular formula is C30H44N2. The first-order valence-electron chi connectivity index (χ1n) is 13.5. The van der Waals surface area contributed by atoms with Crippen LogP contribution in [0.4, 0.5) is 0 Å². The van der Waals surface area contributed by atoms with Gasteiger partial charge in [0.1, 0.15) is 0 Å². The van der Waals surface area contributed by atoms with Gasteiger partial charge < -0.3 is 11.1 Å². The standard InChI is InChI=1S/C30H44N2/c1-2-3-4-7-22-12-14-24(15-13-22)25-16-18-26(19-17-25)27-9-5-8-23(20-27)21-28-29(31)10-6-11-30(28)32/h5-6,8-10,20-22,24-26,30-31H,2-4,7,11-19,32H2,1H3. The van der Waals surface area contributed by atoms with Crippen LogP contribution in [0.3, 0.4) is 0 Å². The Hall–Kier alpha value is -1.67. The second kappa shape index (κ2) is 11.5. The Bertz CT molecular complexity index is 804. The Morgan fingerprint density at radius 1 is 0.969 bits per heavy atom. The molecule has 0 aromatic heterocycles. The molecule has 0 bridgehead atoms. The summed E-state index contributed by atoms with van der Waals surface area (Å²) in [6.07, 6.45) is 24.1. The topological polar surface area (TPSA) is 49.9 Å². The van der Waals surface area contributed by atoms with E-state index in [1.54, 1.807) is 0 Å². The fourth-order valence-corrected chi connectivity index (χ4v) is 6.58. The van der Waals surface area contributed by atoms with Gasteiger partial charge in [0, 0.05) is 6.04 Å². The highest BCUT2D eigenvalue weighted by Crippen LogP contribution is 2.44. The molecule has 3 N–H and O–H groups in total. The molecule has 0 radical (unpaired) electrons. The van der Waals surface area contributed by atoms with Crippen LogP contribution in [-0.2, 0) is 0 Å². The van der Waals surface area contributed by atoms with Crippen LogP contribution < -0.4 is 5.73 Å². The fourth-order valence-electron chi connectivity index (χ4n) is 6.58. The molecule has 0 saturated heterocycles. The Morgan fingerprint density at radius 2 is 1.69 bits per heavy atom. The SMILES string of the molecule is CCCCCC1CCC(C2CCC(c3cccc(C=C4C(=N)C=CCC4N)c3)CC2)CC1. The molecule has 1 aromatic carbocycles. The van der Waals surface area contributed by atoms with Gasteiger partial charge in [0.05, 0.1) is 5.71 Å². The van der Waals surface area contributed by atoms with Crippen molar-refractivity contribution in [2.75, 3.05) is 0 Å². The lowest BCUT2D eigenvalue weighted by molar-refractivity contribution is 0.155. The molecule has 2 fully saturated rings. The predicted octanol–water partition coefficient (Wildman–Crippen LogP) is 8.04. The first-order chi connectivity index (χ1) is 15.6. The van der Waals surface area contributed by atoms with Crippen LogP contribution in [0, 0.1) is 23.2 Å². The van der Waals surface area contributed by atoms with E-state index >= 15 is 0 Å². The first kappa shape index (κ1) is 23.5. The lowest BCUT2D eigenvalue weighted by atomic mass is 9.68. The van der Waals surface area contributed by atoms with Gasteiger partial charge in [-0.1, -0.05) is 75.8 Å².